The molecule has 2 aromatic rings. The average molecular weight is 261 g/mol. The first-order chi connectivity index (χ1) is 8.78. The monoisotopic (exact) mass is 261 g/mol. The number of aromatic nitrogens is 2. The van der Waals surface area contributed by atoms with E-state index in [1.165, 1.54) is 4.57 Å². The molecule has 0 fully saturated rings. The Morgan fingerprint density at radius 2 is 2.05 bits per heavy atom. The number of carbonyl (C=O) groups excluding carboxylic acids is 1. The first-order valence-electron chi connectivity index (χ1n) is 6.25. The molecule has 2 N–H and O–H groups in total. The van der Waals surface area contributed by atoms with Crippen molar-refractivity contribution >= 4 is 17.1 Å². The van der Waals surface area contributed by atoms with Gasteiger partial charge in [0, 0.05) is 17.6 Å². The fraction of sp³-hybridized carbons (Fsp3) is 0.429. The Balaban J connectivity index is 2.43. The molecule has 19 heavy (non-hydrogen) atoms. The minimum atomic E-state index is -0.535. The van der Waals surface area contributed by atoms with Gasteiger partial charge in [-0.15, -0.1) is 0 Å². The highest BCUT2D eigenvalue weighted by atomic mass is 16.6. The van der Waals surface area contributed by atoms with Crippen LogP contribution in [0.4, 0.5) is 4.79 Å². The summed E-state index contributed by atoms with van der Waals surface area (Å²) < 4.78 is 6.75. The van der Waals surface area contributed by atoms with Crippen LogP contribution in [0.2, 0.25) is 0 Å². The van der Waals surface area contributed by atoms with Crippen LogP contribution >= 0.6 is 0 Å². The molecule has 0 aromatic carbocycles. The molecule has 0 unspecified atom stereocenters. The zero-order valence-corrected chi connectivity index (χ0v) is 11.7. The van der Waals surface area contributed by atoms with Crippen molar-refractivity contribution in [2.45, 2.75) is 39.3 Å². The first-order valence-corrected chi connectivity index (χ1v) is 6.25. The van der Waals surface area contributed by atoms with Gasteiger partial charge < -0.3 is 10.5 Å². The van der Waals surface area contributed by atoms with Crippen LogP contribution in [0, 0.1) is 0 Å². The van der Waals surface area contributed by atoms with E-state index in [-0.39, 0.29) is 6.04 Å². The number of nitrogens with two attached hydrogens (primary N) is 1. The van der Waals surface area contributed by atoms with Crippen molar-refractivity contribution in [2.24, 2.45) is 5.73 Å². The van der Waals surface area contributed by atoms with E-state index in [4.69, 9.17) is 10.5 Å². The van der Waals surface area contributed by atoms with Crippen LogP contribution in [0.25, 0.3) is 11.0 Å². The summed E-state index contributed by atoms with van der Waals surface area (Å²) in [5, 5.41) is 0.884. The molecule has 0 spiro atoms. The third-order valence-electron chi connectivity index (χ3n) is 2.61. The van der Waals surface area contributed by atoms with Crippen LogP contribution in [-0.4, -0.2) is 21.2 Å². The highest BCUT2D eigenvalue weighted by Gasteiger charge is 2.19. The number of hydrogen-bond acceptors (Lipinski definition) is 4. The van der Waals surface area contributed by atoms with Crippen molar-refractivity contribution in [3.05, 3.63) is 30.1 Å². The summed E-state index contributed by atoms with van der Waals surface area (Å²) in [6.45, 7) is 7.35. The number of pyridine rings is 1. The third-order valence-corrected chi connectivity index (χ3v) is 2.61. The fourth-order valence-corrected chi connectivity index (χ4v) is 1.73. The maximum absolute atomic E-state index is 12.1. The van der Waals surface area contributed by atoms with Crippen LogP contribution in [-0.2, 0) is 4.74 Å². The summed E-state index contributed by atoms with van der Waals surface area (Å²) in [5.41, 5.74) is 6.60. The average Bonchev–Trinajstić information content (AvgIpc) is 2.68. The van der Waals surface area contributed by atoms with Crippen molar-refractivity contribution in [1.82, 2.24) is 9.55 Å². The Bertz CT molecular complexity index is 609. The quantitative estimate of drug-likeness (QED) is 0.857. The van der Waals surface area contributed by atoms with E-state index in [2.05, 4.69) is 4.98 Å². The van der Waals surface area contributed by atoms with Crippen molar-refractivity contribution in [3.8, 4) is 0 Å². The van der Waals surface area contributed by atoms with Crippen LogP contribution in [0.5, 0.6) is 0 Å². The predicted molar refractivity (Wildman–Crippen MR) is 74.0 cm³/mol. The van der Waals surface area contributed by atoms with Gasteiger partial charge >= 0.3 is 6.09 Å². The summed E-state index contributed by atoms with van der Waals surface area (Å²) in [6.07, 6.45) is 1.23. The molecule has 5 nitrogen and oxygen atoms in total. The number of ether oxygens (including phenoxy) is 1. The van der Waals surface area contributed by atoms with Crippen LogP contribution in [0.15, 0.2) is 24.4 Å². The number of rotatable bonds is 1. The Morgan fingerprint density at radius 1 is 1.37 bits per heavy atom. The van der Waals surface area contributed by atoms with Gasteiger partial charge in [0.05, 0.1) is 5.69 Å². The van der Waals surface area contributed by atoms with Crippen molar-refractivity contribution in [1.29, 1.82) is 0 Å². The van der Waals surface area contributed by atoms with Crippen LogP contribution in [0.3, 0.4) is 0 Å². The molecule has 1 atom stereocenters. The SMILES string of the molecule is C[C@@H](N)c1ccc2ccn(C(=O)OC(C)(C)C)c2n1. The summed E-state index contributed by atoms with van der Waals surface area (Å²) in [4.78, 5) is 16.5. The Morgan fingerprint density at radius 3 is 2.63 bits per heavy atom. The molecule has 0 saturated carbocycles. The van der Waals surface area contributed by atoms with Gasteiger partial charge in [0.1, 0.15) is 11.2 Å². The summed E-state index contributed by atoms with van der Waals surface area (Å²) in [6, 6.07) is 5.43. The molecule has 2 rings (SSSR count). The Hall–Kier alpha value is -1.88. The predicted octanol–water partition coefficient (Wildman–Crippen LogP) is 2.84. The van der Waals surface area contributed by atoms with Crippen molar-refractivity contribution < 1.29 is 9.53 Å². The minimum Gasteiger partial charge on any atom is -0.443 e. The molecule has 0 amide bonds. The standard InChI is InChI=1S/C14H19N3O2/c1-9(15)11-6-5-10-7-8-17(12(10)16-11)13(18)19-14(2,3)4/h5-9H,15H2,1-4H3/t9-/m1/s1. The van der Waals surface area contributed by atoms with Crippen LogP contribution in [0.1, 0.15) is 39.4 Å². The molecular weight excluding hydrogens is 242 g/mol. The second-order valence-electron chi connectivity index (χ2n) is 5.60. The van der Waals surface area contributed by atoms with Crippen molar-refractivity contribution in [2.75, 3.05) is 0 Å². The van der Waals surface area contributed by atoms with Gasteiger partial charge in [-0.3, -0.25) is 0 Å². The fourth-order valence-electron chi connectivity index (χ4n) is 1.73. The number of nitrogens with zero attached hydrogens (tertiary/aromatic N) is 2. The normalized spacial score (nSPS) is 13.5. The highest BCUT2D eigenvalue weighted by Crippen LogP contribution is 2.18. The van der Waals surface area contributed by atoms with E-state index in [1.807, 2.05) is 45.9 Å². The largest absolute Gasteiger partial charge is 0.443 e. The van der Waals surface area contributed by atoms with Gasteiger partial charge in [-0.25, -0.2) is 14.3 Å². The molecule has 5 heteroatoms. The van der Waals surface area contributed by atoms with Gasteiger partial charge in [0.2, 0.25) is 0 Å². The first kappa shape index (κ1) is 13.5. The number of fused-ring (bicyclic) bond motifs is 1. The second kappa shape index (κ2) is 4.66. The van der Waals surface area contributed by atoms with E-state index < -0.39 is 11.7 Å². The lowest BCUT2D eigenvalue weighted by Gasteiger charge is -2.19. The lowest BCUT2D eigenvalue weighted by molar-refractivity contribution is 0.0543. The van der Waals surface area contributed by atoms with E-state index in [0.717, 1.165) is 11.1 Å². The third kappa shape index (κ3) is 2.93. The maximum Gasteiger partial charge on any atom is 0.420 e. The minimum absolute atomic E-state index is 0.175. The lowest BCUT2D eigenvalue weighted by Crippen LogP contribution is -2.27. The van der Waals surface area contributed by atoms with E-state index in [9.17, 15) is 4.79 Å². The zero-order chi connectivity index (χ0) is 14.2. The molecule has 2 heterocycles. The molecule has 2 aromatic heterocycles. The maximum atomic E-state index is 12.1. The lowest BCUT2D eigenvalue weighted by atomic mass is 10.2. The molecule has 0 radical (unpaired) electrons. The molecule has 0 saturated heterocycles. The highest BCUT2D eigenvalue weighted by molar-refractivity contribution is 5.87. The number of hydrogen-bond donors (Lipinski definition) is 1. The van der Waals surface area contributed by atoms with Gasteiger partial charge in [0.25, 0.3) is 0 Å². The zero-order valence-electron chi connectivity index (χ0n) is 11.7. The Labute approximate surface area is 112 Å². The van der Waals surface area contributed by atoms with E-state index >= 15 is 0 Å². The molecule has 102 valence electrons. The summed E-state index contributed by atoms with van der Waals surface area (Å²) >= 11 is 0. The molecule has 0 aliphatic carbocycles. The van der Waals surface area contributed by atoms with Gasteiger partial charge in [-0.1, -0.05) is 0 Å². The van der Waals surface area contributed by atoms with E-state index in [1.54, 1.807) is 6.20 Å². The summed E-state index contributed by atoms with van der Waals surface area (Å²) in [5.74, 6) is 0. The van der Waals surface area contributed by atoms with Gasteiger partial charge in [-0.2, -0.15) is 0 Å². The van der Waals surface area contributed by atoms with Crippen molar-refractivity contribution in [3.63, 3.8) is 0 Å². The van der Waals surface area contributed by atoms with Crippen LogP contribution < -0.4 is 5.73 Å². The molecular formula is C14H19N3O2. The smallest absolute Gasteiger partial charge is 0.420 e. The molecule has 0 aliphatic rings. The molecule has 0 bridgehead atoms. The number of carbonyl (C=O) groups is 1. The Kier molecular flexibility index (Phi) is 3.32. The summed E-state index contributed by atoms with van der Waals surface area (Å²) in [7, 11) is 0. The van der Waals surface area contributed by atoms with Gasteiger partial charge in [-0.05, 0) is 45.9 Å². The van der Waals surface area contributed by atoms with E-state index in [0.29, 0.717) is 5.65 Å². The topological polar surface area (TPSA) is 70.1 Å². The molecule has 0 aliphatic heterocycles. The van der Waals surface area contributed by atoms with Gasteiger partial charge in [0.15, 0.2) is 0 Å². The second-order valence-corrected chi connectivity index (χ2v) is 5.60.